The van der Waals surface area contributed by atoms with Gasteiger partial charge in [0, 0.05) is 17.3 Å². The van der Waals surface area contributed by atoms with E-state index in [1.807, 2.05) is 29.0 Å². The fourth-order valence-corrected chi connectivity index (χ4v) is 4.01. The molecule has 0 saturated carbocycles. The fraction of sp³-hybridized carbons (Fsp3) is 0.0800. The molecule has 5 rings (SSSR count). The Labute approximate surface area is 183 Å². The number of hydrogen-bond donors (Lipinski definition) is 0. The lowest BCUT2D eigenvalue weighted by molar-refractivity contribution is 0.628. The summed E-state index contributed by atoms with van der Waals surface area (Å²) in [7, 11) is 0. The van der Waals surface area contributed by atoms with Crippen molar-refractivity contribution in [2.75, 3.05) is 6.26 Å². The van der Waals surface area contributed by atoms with Gasteiger partial charge < -0.3 is 0 Å². The highest BCUT2D eigenvalue weighted by molar-refractivity contribution is 7.98. The van der Waals surface area contributed by atoms with Crippen LogP contribution in [0.5, 0.6) is 0 Å². The molecule has 0 fully saturated rings. The summed E-state index contributed by atoms with van der Waals surface area (Å²) in [4.78, 5) is 9.04. The minimum absolute atomic E-state index is 0.277. The number of nitrogens with zero attached hydrogens (tertiary/aromatic N) is 4. The van der Waals surface area contributed by atoms with E-state index >= 15 is 0 Å². The molecule has 2 aromatic carbocycles. The molecule has 31 heavy (non-hydrogen) atoms. The van der Waals surface area contributed by atoms with E-state index in [1.54, 1.807) is 18.3 Å². The quantitative estimate of drug-likeness (QED) is 0.250. The van der Waals surface area contributed by atoms with Gasteiger partial charge in [-0.1, -0.05) is 47.7 Å². The summed E-state index contributed by atoms with van der Waals surface area (Å²) in [6.45, 7) is 2.07. The molecule has 3 aromatic heterocycles. The molecule has 152 valence electrons. The van der Waals surface area contributed by atoms with Crippen molar-refractivity contribution in [3.05, 3.63) is 90.4 Å². The van der Waals surface area contributed by atoms with Gasteiger partial charge >= 0.3 is 0 Å². The van der Waals surface area contributed by atoms with Gasteiger partial charge in [0.1, 0.15) is 11.5 Å². The van der Waals surface area contributed by atoms with Crippen molar-refractivity contribution in [3.63, 3.8) is 0 Å². The second-order valence-electron chi connectivity index (χ2n) is 7.23. The predicted octanol–water partition coefficient (Wildman–Crippen LogP) is 6.29. The number of thioether (sulfide) groups is 1. The van der Waals surface area contributed by atoms with E-state index in [0.29, 0.717) is 5.16 Å². The van der Waals surface area contributed by atoms with Gasteiger partial charge in [-0.15, -0.1) is 0 Å². The van der Waals surface area contributed by atoms with Crippen LogP contribution in [-0.2, 0) is 0 Å². The summed E-state index contributed by atoms with van der Waals surface area (Å²) in [5.41, 5.74) is 7.46. The van der Waals surface area contributed by atoms with Crippen molar-refractivity contribution in [2.24, 2.45) is 0 Å². The summed E-state index contributed by atoms with van der Waals surface area (Å²) in [6.07, 6.45) is 3.71. The Morgan fingerprint density at radius 1 is 0.871 bits per heavy atom. The Morgan fingerprint density at radius 3 is 2.35 bits per heavy atom. The van der Waals surface area contributed by atoms with Crippen LogP contribution in [-0.4, -0.2) is 25.8 Å². The van der Waals surface area contributed by atoms with Crippen LogP contribution < -0.4 is 0 Å². The van der Waals surface area contributed by atoms with Crippen LogP contribution in [0.15, 0.2) is 84.1 Å². The Kier molecular flexibility index (Phi) is 5.00. The Hall–Kier alpha value is -3.51. The molecule has 0 aliphatic carbocycles. The monoisotopic (exact) mass is 426 g/mol. The van der Waals surface area contributed by atoms with E-state index in [4.69, 9.17) is 10.1 Å². The van der Waals surface area contributed by atoms with E-state index < -0.39 is 0 Å². The lowest BCUT2D eigenvalue weighted by Crippen LogP contribution is -1.94. The van der Waals surface area contributed by atoms with E-state index in [2.05, 4.69) is 42.2 Å². The normalized spacial score (nSPS) is 11.2. The summed E-state index contributed by atoms with van der Waals surface area (Å²) in [5.74, 6) is -0.277. The van der Waals surface area contributed by atoms with E-state index in [-0.39, 0.29) is 5.82 Å². The number of rotatable bonds is 4. The first-order valence-electron chi connectivity index (χ1n) is 9.86. The number of fused-ring (bicyclic) bond motifs is 1. The predicted molar refractivity (Wildman–Crippen MR) is 124 cm³/mol. The summed E-state index contributed by atoms with van der Waals surface area (Å²) < 4.78 is 15.5. The first-order chi connectivity index (χ1) is 15.1. The zero-order chi connectivity index (χ0) is 21.4. The largest absolute Gasteiger partial charge is 0.232 e. The standard InChI is InChI=1S/C25H19FN4S/c1-16-6-8-17(9-7-16)21-4-3-5-22-23(20-14-15-27-25(28-20)31-2)24(29-30(21)22)18-10-12-19(26)13-11-18/h3-15H,1-2H3. The molecule has 0 bridgehead atoms. The highest BCUT2D eigenvalue weighted by atomic mass is 32.2. The topological polar surface area (TPSA) is 43.1 Å². The molecular formula is C25H19FN4S. The van der Waals surface area contributed by atoms with E-state index in [1.165, 1.54) is 29.5 Å². The summed E-state index contributed by atoms with van der Waals surface area (Å²) >= 11 is 1.49. The minimum atomic E-state index is -0.277. The van der Waals surface area contributed by atoms with E-state index in [0.717, 1.165) is 39.3 Å². The van der Waals surface area contributed by atoms with Gasteiger partial charge in [-0.3, -0.25) is 0 Å². The van der Waals surface area contributed by atoms with Gasteiger partial charge in [0.15, 0.2) is 5.16 Å². The molecule has 0 aliphatic rings. The SMILES string of the molecule is CSc1nccc(-c2c(-c3ccc(F)cc3)nn3c(-c4ccc(C)cc4)cccc23)n1. The molecule has 4 nitrogen and oxygen atoms in total. The Bertz CT molecular complexity index is 1380. The lowest BCUT2D eigenvalue weighted by atomic mass is 10.0. The average Bonchev–Trinajstić information content (AvgIpc) is 3.20. The number of benzene rings is 2. The lowest BCUT2D eigenvalue weighted by Gasteiger charge is -2.06. The molecule has 0 saturated heterocycles. The molecule has 0 aliphatic heterocycles. The Morgan fingerprint density at radius 2 is 1.61 bits per heavy atom. The second-order valence-corrected chi connectivity index (χ2v) is 8.01. The van der Waals surface area contributed by atoms with Crippen molar-refractivity contribution < 1.29 is 4.39 Å². The van der Waals surface area contributed by atoms with Crippen molar-refractivity contribution in [3.8, 4) is 33.8 Å². The maximum atomic E-state index is 13.6. The van der Waals surface area contributed by atoms with E-state index in [9.17, 15) is 4.39 Å². The van der Waals surface area contributed by atoms with Crippen LogP contribution in [0.4, 0.5) is 4.39 Å². The smallest absolute Gasteiger partial charge is 0.187 e. The van der Waals surface area contributed by atoms with Crippen molar-refractivity contribution >= 4 is 17.3 Å². The highest BCUT2D eigenvalue weighted by Gasteiger charge is 2.20. The van der Waals surface area contributed by atoms with Crippen molar-refractivity contribution in [1.82, 2.24) is 19.6 Å². The van der Waals surface area contributed by atoms with Gasteiger partial charge in [0.05, 0.1) is 22.5 Å². The third kappa shape index (κ3) is 3.59. The van der Waals surface area contributed by atoms with Crippen molar-refractivity contribution in [2.45, 2.75) is 12.1 Å². The zero-order valence-corrected chi connectivity index (χ0v) is 17.9. The number of aryl methyl sites for hydroxylation is 1. The number of aromatic nitrogens is 4. The molecule has 3 heterocycles. The maximum Gasteiger partial charge on any atom is 0.187 e. The third-order valence-electron chi connectivity index (χ3n) is 5.19. The number of halogens is 1. The third-order valence-corrected chi connectivity index (χ3v) is 5.76. The first kappa shape index (κ1) is 19.5. The number of pyridine rings is 1. The molecule has 0 amide bonds. The van der Waals surface area contributed by atoms with Crippen LogP contribution in [0.3, 0.4) is 0 Å². The van der Waals surface area contributed by atoms with Gasteiger partial charge in [0.25, 0.3) is 0 Å². The molecule has 0 unspecified atom stereocenters. The van der Waals surface area contributed by atoms with Crippen LogP contribution >= 0.6 is 11.8 Å². The first-order valence-corrected chi connectivity index (χ1v) is 11.1. The minimum Gasteiger partial charge on any atom is -0.232 e. The summed E-state index contributed by atoms with van der Waals surface area (Å²) in [5, 5.41) is 5.66. The number of hydrogen-bond acceptors (Lipinski definition) is 4. The molecule has 5 aromatic rings. The molecule has 0 radical (unpaired) electrons. The molecule has 6 heteroatoms. The van der Waals surface area contributed by atoms with Gasteiger partial charge in [-0.05, 0) is 55.6 Å². The zero-order valence-electron chi connectivity index (χ0n) is 17.1. The maximum absolute atomic E-state index is 13.6. The fourth-order valence-electron chi connectivity index (χ4n) is 3.65. The van der Waals surface area contributed by atoms with Crippen LogP contribution in [0.1, 0.15) is 5.56 Å². The van der Waals surface area contributed by atoms with Crippen LogP contribution in [0.2, 0.25) is 0 Å². The molecule has 0 N–H and O–H groups in total. The van der Waals surface area contributed by atoms with Crippen LogP contribution in [0.25, 0.3) is 39.3 Å². The second kappa shape index (κ2) is 7.96. The van der Waals surface area contributed by atoms with Crippen molar-refractivity contribution in [1.29, 1.82) is 0 Å². The average molecular weight is 427 g/mol. The summed E-state index contributed by atoms with van der Waals surface area (Å²) in [6, 6.07) is 22.8. The van der Waals surface area contributed by atoms with Gasteiger partial charge in [-0.2, -0.15) is 5.10 Å². The highest BCUT2D eigenvalue weighted by Crippen LogP contribution is 2.36. The molecule has 0 spiro atoms. The molecule has 0 atom stereocenters. The van der Waals surface area contributed by atoms with Crippen LogP contribution in [0, 0.1) is 12.7 Å². The molecular weight excluding hydrogens is 407 g/mol. The van der Waals surface area contributed by atoms with Gasteiger partial charge in [0.2, 0.25) is 0 Å². The van der Waals surface area contributed by atoms with Gasteiger partial charge in [-0.25, -0.2) is 18.9 Å². The Balaban J connectivity index is 1.82.